The number of rotatable bonds is 2. The average molecular weight is 306 g/mol. The first-order valence-electron chi connectivity index (χ1n) is 6.76. The van der Waals surface area contributed by atoms with Gasteiger partial charge < -0.3 is 4.74 Å². The van der Waals surface area contributed by atoms with Crippen LogP contribution in [0.5, 0.6) is 5.75 Å². The summed E-state index contributed by atoms with van der Waals surface area (Å²) in [5.74, 6) is 0.379. The lowest BCUT2D eigenvalue weighted by molar-refractivity contribution is 0.271. The SMILES string of the molecule is CC1CCOc2cc(S(=O)(=O)c3cccc(F)c3)ccc21. The van der Waals surface area contributed by atoms with Crippen molar-refractivity contribution in [2.24, 2.45) is 0 Å². The first-order chi connectivity index (χ1) is 9.98. The first kappa shape index (κ1) is 14.1. The van der Waals surface area contributed by atoms with Crippen molar-refractivity contribution in [3.05, 3.63) is 53.8 Å². The molecule has 0 fully saturated rings. The van der Waals surface area contributed by atoms with E-state index < -0.39 is 15.7 Å². The Morgan fingerprint density at radius 3 is 2.67 bits per heavy atom. The second kappa shape index (κ2) is 5.15. The number of hydrogen-bond acceptors (Lipinski definition) is 3. The molecule has 0 amide bonds. The lowest BCUT2D eigenvalue weighted by atomic mass is 9.95. The van der Waals surface area contributed by atoms with Gasteiger partial charge in [0.2, 0.25) is 9.84 Å². The van der Waals surface area contributed by atoms with Gasteiger partial charge >= 0.3 is 0 Å². The second-order valence-corrected chi connectivity index (χ2v) is 7.15. The highest BCUT2D eigenvalue weighted by atomic mass is 32.2. The topological polar surface area (TPSA) is 43.4 Å². The van der Waals surface area contributed by atoms with Gasteiger partial charge in [-0.15, -0.1) is 0 Å². The molecule has 3 nitrogen and oxygen atoms in total. The summed E-state index contributed by atoms with van der Waals surface area (Å²) in [6, 6.07) is 9.90. The summed E-state index contributed by atoms with van der Waals surface area (Å²) in [6.07, 6.45) is 0.920. The fraction of sp³-hybridized carbons (Fsp3) is 0.250. The van der Waals surface area contributed by atoms with Crippen molar-refractivity contribution in [2.45, 2.75) is 29.1 Å². The van der Waals surface area contributed by atoms with Crippen LogP contribution in [0.25, 0.3) is 0 Å². The van der Waals surface area contributed by atoms with Crippen LogP contribution in [0, 0.1) is 5.82 Å². The van der Waals surface area contributed by atoms with Crippen LogP contribution in [-0.4, -0.2) is 15.0 Å². The van der Waals surface area contributed by atoms with Crippen molar-refractivity contribution in [2.75, 3.05) is 6.61 Å². The first-order valence-corrected chi connectivity index (χ1v) is 8.24. The molecular formula is C16H15FO3S. The third-order valence-corrected chi connectivity index (χ3v) is 5.49. The molecule has 0 aliphatic carbocycles. The summed E-state index contributed by atoms with van der Waals surface area (Å²) >= 11 is 0. The largest absolute Gasteiger partial charge is 0.493 e. The molecule has 110 valence electrons. The Kier molecular flexibility index (Phi) is 3.45. The third-order valence-electron chi connectivity index (χ3n) is 3.74. The Balaban J connectivity index is 2.08. The molecule has 0 saturated carbocycles. The Morgan fingerprint density at radius 2 is 1.90 bits per heavy atom. The Bertz CT molecular complexity index is 784. The van der Waals surface area contributed by atoms with E-state index in [-0.39, 0.29) is 9.79 Å². The summed E-state index contributed by atoms with van der Waals surface area (Å²) in [6.45, 7) is 2.67. The minimum atomic E-state index is -3.73. The van der Waals surface area contributed by atoms with Crippen LogP contribution in [-0.2, 0) is 9.84 Å². The zero-order valence-electron chi connectivity index (χ0n) is 11.5. The summed E-state index contributed by atoms with van der Waals surface area (Å²) < 4.78 is 43.9. The molecule has 0 saturated heterocycles. The fourth-order valence-electron chi connectivity index (χ4n) is 2.49. The summed E-state index contributed by atoms with van der Waals surface area (Å²) in [4.78, 5) is 0.0762. The lowest BCUT2D eigenvalue weighted by Gasteiger charge is -2.23. The molecule has 1 heterocycles. The number of hydrogen-bond donors (Lipinski definition) is 0. The van der Waals surface area contributed by atoms with Crippen molar-refractivity contribution in [3.63, 3.8) is 0 Å². The zero-order valence-corrected chi connectivity index (χ0v) is 12.4. The van der Waals surface area contributed by atoms with Crippen LogP contribution in [0.4, 0.5) is 4.39 Å². The van der Waals surface area contributed by atoms with Gasteiger partial charge in [0, 0.05) is 0 Å². The molecule has 2 aromatic carbocycles. The minimum absolute atomic E-state index is 0.0497. The van der Waals surface area contributed by atoms with Gasteiger partial charge in [0.1, 0.15) is 11.6 Å². The van der Waals surface area contributed by atoms with Crippen LogP contribution < -0.4 is 4.74 Å². The van der Waals surface area contributed by atoms with E-state index in [1.165, 1.54) is 24.3 Å². The standard InChI is InChI=1S/C16H15FO3S/c1-11-7-8-20-16-10-14(5-6-15(11)16)21(18,19)13-4-2-3-12(17)9-13/h2-6,9-11H,7-8H2,1H3. The highest BCUT2D eigenvalue weighted by Crippen LogP contribution is 2.36. The van der Waals surface area contributed by atoms with Crippen molar-refractivity contribution < 1.29 is 17.5 Å². The Morgan fingerprint density at radius 1 is 1.14 bits per heavy atom. The average Bonchev–Trinajstić information content (AvgIpc) is 2.47. The van der Waals surface area contributed by atoms with Crippen molar-refractivity contribution in [3.8, 4) is 5.75 Å². The zero-order chi connectivity index (χ0) is 15.0. The summed E-state index contributed by atoms with van der Waals surface area (Å²) in [5.41, 5.74) is 1.01. The van der Waals surface area contributed by atoms with Crippen molar-refractivity contribution in [1.29, 1.82) is 0 Å². The van der Waals surface area contributed by atoms with Gasteiger partial charge in [-0.1, -0.05) is 19.1 Å². The molecule has 0 aromatic heterocycles. The van der Waals surface area contributed by atoms with Gasteiger partial charge in [0.05, 0.1) is 16.4 Å². The van der Waals surface area contributed by atoms with Gasteiger partial charge in [0.25, 0.3) is 0 Å². The van der Waals surface area contributed by atoms with E-state index in [2.05, 4.69) is 6.92 Å². The number of halogens is 1. The van der Waals surface area contributed by atoms with Crippen LogP contribution >= 0.6 is 0 Å². The van der Waals surface area contributed by atoms with Gasteiger partial charge in [0.15, 0.2) is 0 Å². The molecule has 1 atom stereocenters. The smallest absolute Gasteiger partial charge is 0.206 e. The van der Waals surface area contributed by atoms with Crippen LogP contribution in [0.1, 0.15) is 24.8 Å². The third kappa shape index (κ3) is 2.53. The maximum Gasteiger partial charge on any atom is 0.206 e. The molecule has 3 rings (SSSR count). The van der Waals surface area contributed by atoms with Gasteiger partial charge in [-0.2, -0.15) is 0 Å². The number of fused-ring (bicyclic) bond motifs is 1. The normalized spacial score (nSPS) is 17.9. The molecular weight excluding hydrogens is 291 g/mol. The van der Waals surface area contributed by atoms with E-state index in [0.29, 0.717) is 18.3 Å². The molecule has 1 unspecified atom stereocenters. The van der Waals surface area contributed by atoms with Crippen molar-refractivity contribution >= 4 is 9.84 Å². The molecule has 1 aliphatic rings. The van der Waals surface area contributed by atoms with Gasteiger partial charge in [-0.25, -0.2) is 12.8 Å². The molecule has 5 heteroatoms. The molecule has 2 aromatic rings. The Labute approximate surface area is 123 Å². The molecule has 0 radical (unpaired) electrons. The maximum absolute atomic E-state index is 13.2. The van der Waals surface area contributed by atoms with Gasteiger partial charge in [-0.3, -0.25) is 0 Å². The van der Waals surface area contributed by atoms with Crippen molar-refractivity contribution in [1.82, 2.24) is 0 Å². The monoisotopic (exact) mass is 306 g/mol. The molecule has 0 bridgehead atoms. The van der Waals surface area contributed by atoms with E-state index in [9.17, 15) is 12.8 Å². The highest BCUT2D eigenvalue weighted by Gasteiger charge is 2.23. The van der Waals surface area contributed by atoms with Crippen LogP contribution in [0.15, 0.2) is 52.3 Å². The van der Waals surface area contributed by atoms with E-state index in [0.717, 1.165) is 18.1 Å². The highest BCUT2D eigenvalue weighted by molar-refractivity contribution is 7.91. The molecule has 1 aliphatic heterocycles. The molecule has 21 heavy (non-hydrogen) atoms. The van der Waals surface area contributed by atoms with Crippen LogP contribution in [0.3, 0.4) is 0 Å². The summed E-state index contributed by atoms with van der Waals surface area (Å²) in [5, 5.41) is 0. The second-order valence-electron chi connectivity index (χ2n) is 5.20. The van der Waals surface area contributed by atoms with Crippen LogP contribution in [0.2, 0.25) is 0 Å². The number of ether oxygens (including phenoxy) is 1. The summed E-state index contributed by atoms with van der Waals surface area (Å²) in [7, 11) is -3.73. The quantitative estimate of drug-likeness (QED) is 0.852. The number of sulfone groups is 1. The van der Waals surface area contributed by atoms with E-state index in [1.54, 1.807) is 12.1 Å². The minimum Gasteiger partial charge on any atom is -0.493 e. The predicted octanol–water partition coefficient (Wildman–Crippen LogP) is 3.54. The molecule has 0 spiro atoms. The Hall–Kier alpha value is -1.88. The number of benzene rings is 2. The predicted molar refractivity (Wildman–Crippen MR) is 76.8 cm³/mol. The van der Waals surface area contributed by atoms with E-state index in [1.807, 2.05) is 0 Å². The molecule has 0 N–H and O–H groups in total. The fourth-order valence-corrected chi connectivity index (χ4v) is 3.79. The van der Waals surface area contributed by atoms with E-state index >= 15 is 0 Å². The maximum atomic E-state index is 13.2. The van der Waals surface area contributed by atoms with Gasteiger partial charge in [-0.05, 0) is 48.2 Å². The van der Waals surface area contributed by atoms with E-state index in [4.69, 9.17) is 4.74 Å². The lowest BCUT2D eigenvalue weighted by Crippen LogP contribution is -2.13.